The van der Waals surface area contributed by atoms with Gasteiger partial charge in [-0.25, -0.2) is 0 Å². The van der Waals surface area contributed by atoms with E-state index >= 15 is 0 Å². The van der Waals surface area contributed by atoms with E-state index < -0.39 is 12.1 Å². The second-order valence-electron chi connectivity index (χ2n) is 6.41. The molecule has 2 bridgehead atoms. The van der Waals surface area contributed by atoms with Gasteiger partial charge in [-0.2, -0.15) is 5.26 Å². The van der Waals surface area contributed by atoms with Crippen LogP contribution in [0.2, 0.25) is 0 Å². The maximum Gasteiger partial charge on any atom is 0.284 e. The van der Waals surface area contributed by atoms with Crippen LogP contribution in [0.1, 0.15) is 52.4 Å². The topological polar surface area (TPSA) is 51.5 Å². The molecule has 3 fully saturated rings. The van der Waals surface area contributed by atoms with Crippen LogP contribution in [0.25, 0.3) is 0 Å². The van der Waals surface area contributed by atoms with Gasteiger partial charge in [0.25, 0.3) is 5.97 Å². The SMILES string of the molecule is C#CCC(C)CCC12OCC(CCCC)(CO1)C(C#N)O2. The summed E-state index contributed by atoms with van der Waals surface area (Å²) in [5.74, 6) is 2.04. The number of fused-ring (bicyclic) bond motifs is 3. The molecule has 116 valence electrons. The summed E-state index contributed by atoms with van der Waals surface area (Å²) in [6.07, 6.45) is 10.2. The van der Waals surface area contributed by atoms with Gasteiger partial charge in [0, 0.05) is 12.8 Å². The number of hydrogen-bond acceptors (Lipinski definition) is 4. The molecule has 2 unspecified atom stereocenters. The van der Waals surface area contributed by atoms with Gasteiger partial charge in [0.05, 0.1) is 24.7 Å². The van der Waals surface area contributed by atoms with E-state index in [0.717, 1.165) is 32.1 Å². The van der Waals surface area contributed by atoms with Gasteiger partial charge in [0.15, 0.2) is 6.10 Å². The van der Waals surface area contributed by atoms with Crippen LogP contribution < -0.4 is 0 Å². The average Bonchev–Trinajstić information content (AvgIpc) is 2.52. The second-order valence-corrected chi connectivity index (χ2v) is 6.41. The van der Waals surface area contributed by atoms with E-state index in [1.54, 1.807) is 0 Å². The summed E-state index contributed by atoms with van der Waals surface area (Å²) in [7, 11) is 0. The quantitative estimate of drug-likeness (QED) is 0.676. The number of ether oxygens (including phenoxy) is 3. The summed E-state index contributed by atoms with van der Waals surface area (Å²) < 4.78 is 17.7. The third kappa shape index (κ3) is 3.40. The Morgan fingerprint density at radius 3 is 2.62 bits per heavy atom. The van der Waals surface area contributed by atoms with Gasteiger partial charge in [-0.15, -0.1) is 12.3 Å². The van der Waals surface area contributed by atoms with Crippen LogP contribution in [0, 0.1) is 35.0 Å². The number of hydrogen-bond donors (Lipinski definition) is 0. The largest absolute Gasteiger partial charge is 0.327 e. The molecule has 0 aliphatic carbocycles. The minimum absolute atomic E-state index is 0.295. The van der Waals surface area contributed by atoms with Crippen molar-refractivity contribution in [2.75, 3.05) is 13.2 Å². The summed E-state index contributed by atoms with van der Waals surface area (Å²) >= 11 is 0. The Bertz CT molecular complexity index is 426. The molecule has 3 saturated heterocycles. The standard InChI is InChI=1S/C17H25NO3/c1-4-6-9-16-12-19-17(20-13-16,21-15(16)11-18)10-8-14(3)7-5-2/h2,14-15H,4,6-10,12-13H2,1,3H3. The lowest BCUT2D eigenvalue weighted by atomic mass is 9.77. The van der Waals surface area contributed by atoms with Crippen molar-refractivity contribution in [1.82, 2.24) is 0 Å². The first-order valence-electron chi connectivity index (χ1n) is 7.88. The van der Waals surface area contributed by atoms with E-state index in [1.165, 1.54) is 0 Å². The highest BCUT2D eigenvalue weighted by Gasteiger charge is 2.57. The molecular formula is C17H25NO3. The molecule has 0 aromatic carbocycles. The Kier molecular flexibility index (Phi) is 5.27. The highest BCUT2D eigenvalue weighted by atomic mass is 16.9. The molecule has 0 spiro atoms. The molecule has 3 aliphatic heterocycles. The molecule has 4 heteroatoms. The lowest BCUT2D eigenvalue weighted by Gasteiger charge is -2.54. The Balaban J connectivity index is 1.98. The molecule has 3 heterocycles. The van der Waals surface area contributed by atoms with E-state index in [4.69, 9.17) is 20.6 Å². The van der Waals surface area contributed by atoms with Gasteiger partial charge in [-0.05, 0) is 18.8 Å². The minimum Gasteiger partial charge on any atom is -0.327 e. The zero-order valence-corrected chi connectivity index (χ0v) is 13.1. The summed E-state index contributed by atoms with van der Waals surface area (Å²) in [5, 5.41) is 9.44. The fourth-order valence-electron chi connectivity index (χ4n) is 3.01. The van der Waals surface area contributed by atoms with E-state index in [1.807, 2.05) is 0 Å². The van der Waals surface area contributed by atoms with Gasteiger partial charge in [0.2, 0.25) is 0 Å². The Morgan fingerprint density at radius 1 is 1.33 bits per heavy atom. The molecule has 21 heavy (non-hydrogen) atoms. The highest BCUT2D eigenvalue weighted by molar-refractivity contribution is 5.05. The lowest BCUT2D eigenvalue weighted by molar-refractivity contribution is -0.483. The van der Waals surface area contributed by atoms with E-state index in [9.17, 15) is 5.26 Å². The van der Waals surface area contributed by atoms with E-state index in [-0.39, 0.29) is 5.41 Å². The summed E-state index contributed by atoms with van der Waals surface area (Å²) in [6.45, 7) is 5.35. The number of unbranched alkanes of at least 4 members (excludes halogenated alkanes) is 1. The van der Waals surface area contributed by atoms with Crippen molar-refractivity contribution in [3.05, 3.63) is 0 Å². The predicted octanol–water partition coefficient (Wildman–Crippen LogP) is 3.23. The smallest absolute Gasteiger partial charge is 0.284 e. The van der Waals surface area contributed by atoms with Crippen molar-refractivity contribution in [2.45, 2.75) is 64.4 Å². The number of terminal acetylenes is 1. The normalized spacial score (nSPS) is 35.9. The van der Waals surface area contributed by atoms with Crippen molar-refractivity contribution in [3.8, 4) is 18.4 Å². The summed E-state index contributed by atoms with van der Waals surface area (Å²) in [5.41, 5.74) is -0.295. The molecule has 0 aromatic heterocycles. The zero-order valence-electron chi connectivity index (χ0n) is 13.1. The van der Waals surface area contributed by atoms with Crippen LogP contribution in [0.3, 0.4) is 0 Å². The zero-order chi connectivity index (χ0) is 15.3. The Labute approximate surface area is 127 Å². The first-order chi connectivity index (χ1) is 10.1. The number of rotatable bonds is 7. The molecule has 2 atom stereocenters. The van der Waals surface area contributed by atoms with Crippen molar-refractivity contribution < 1.29 is 14.2 Å². The van der Waals surface area contributed by atoms with E-state index in [2.05, 4.69) is 25.8 Å². The maximum atomic E-state index is 9.44. The molecule has 0 radical (unpaired) electrons. The third-order valence-corrected chi connectivity index (χ3v) is 4.57. The highest BCUT2D eigenvalue weighted by Crippen LogP contribution is 2.47. The average molecular weight is 291 g/mol. The summed E-state index contributed by atoms with van der Waals surface area (Å²) in [4.78, 5) is 0. The Morgan fingerprint density at radius 2 is 2.05 bits per heavy atom. The molecule has 4 nitrogen and oxygen atoms in total. The monoisotopic (exact) mass is 291 g/mol. The molecule has 0 amide bonds. The van der Waals surface area contributed by atoms with Crippen LogP contribution in [0.4, 0.5) is 0 Å². The fourth-order valence-corrected chi connectivity index (χ4v) is 3.01. The van der Waals surface area contributed by atoms with Crippen molar-refractivity contribution >= 4 is 0 Å². The van der Waals surface area contributed by atoms with Crippen molar-refractivity contribution in [2.24, 2.45) is 11.3 Å². The van der Waals surface area contributed by atoms with Crippen LogP contribution in [0.15, 0.2) is 0 Å². The molecule has 3 rings (SSSR count). The minimum atomic E-state index is -1.03. The molecule has 0 saturated carbocycles. The fraction of sp³-hybridized carbons (Fsp3) is 0.824. The van der Waals surface area contributed by atoms with E-state index in [0.29, 0.717) is 25.6 Å². The third-order valence-electron chi connectivity index (χ3n) is 4.57. The van der Waals surface area contributed by atoms with Crippen molar-refractivity contribution in [3.63, 3.8) is 0 Å². The van der Waals surface area contributed by atoms with Gasteiger partial charge in [0.1, 0.15) is 0 Å². The van der Waals surface area contributed by atoms with Crippen LogP contribution >= 0.6 is 0 Å². The predicted molar refractivity (Wildman–Crippen MR) is 78.9 cm³/mol. The number of nitrogens with zero attached hydrogens (tertiary/aromatic N) is 1. The second kappa shape index (κ2) is 6.79. The lowest BCUT2D eigenvalue weighted by Crippen LogP contribution is -2.64. The first-order valence-corrected chi connectivity index (χ1v) is 7.88. The van der Waals surface area contributed by atoms with Gasteiger partial charge >= 0.3 is 0 Å². The molecule has 3 aliphatic rings. The van der Waals surface area contributed by atoms with Crippen molar-refractivity contribution in [1.29, 1.82) is 5.26 Å². The van der Waals surface area contributed by atoms with Crippen LogP contribution in [-0.2, 0) is 14.2 Å². The summed E-state index contributed by atoms with van der Waals surface area (Å²) in [6, 6.07) is 2.31. The van der Waals surface area contributed by atoms with Gasteiger partial charge < -0.3 is 14.2 Å². The number of nitriles is 1. The first kappa shape index (κ1) is 16.3. The van der Waals surface area contributed by atoms with Gasteiger partial charge in [-0.3, -0.25) is 0 Å². The maximum absolute atomic E-state index is 9.44. The molecular weight excluding hydrogens is 266 g/mol. The van der Waals surface area contributed by atoms with Gasteiger partial charge in [-0.1, -0.05) is 26.7 Å². The molecule has 0 N–H and O–H groups in total. The molecule has 0 aromatic rings. The van der Waals surface area contributed by atoms with Crippen LogP contribution in [-0.4, -0.2) is 25.3 Å². The Hall–Kier alpha value is -1.07. The van der Waals surface area contributed by atoms with Crippen LogP contribution in [0.5, 0.6) is 0 Å².